The molecule has 4 rings (SSSR count). The lowest BCUT2D eigenvalue weighted by atomic mass is 10.00. The molecule has 0 fully saturated rings. The van der Waals surface area contributed by atoms with Crippen molar-refractivity contribution in [2.45, 2.75) is 6.92 Å². The van der Waals surface area contributed by atoms with E-state index in [1.807, 2.05) is 54.6 Å². The predicted molar refractivity (Wildman–Crippen MR) is 103 cm³/mol. The third-order valence-corrected chi connectivity index (χ3v) is 4.88. The van der Waals surface area contributed by atoms with Crippen LogP contribution in [0.2, 0.25) is 0 Å². The smallest absolute Gasteiger partial charge is 0.363 e. The number of aryl methyl sites for hydroxylation is 1. The standard InChI is InChI=1S/C21H14BrNO2/c1-13-10-11-14(16-7-3-2-6-15(13)16)12-19-21(24)25-20(23-19)17-8-4-5-9-18(17)22/h2-12H,1H3/b19-12+. The summed E-state index contributed by atoms with van der Waals surface area (Å²) in [5.41, 5.74) is 3.21. The Morgan fingerprint density at radius 2 is 1.68 bits per heavy atom. The molecule has 122 valence electrons. The molecule has 4 heteroatoms. The van der Waals surface area contributed by atoms with E-state index >= 15 is 0 Å². The van der Waals surface area contributed by atoms with Crippen LogP contribution in [0.1, 0.15) is 16.7 Å². The maximum atomic E-state index is 12.3. The number of esters is 1. The molecule has 0 saturated carbocycles. The summed E-state index contributed by atoms with van der Waals surface area (Å²) in [5, 5.41) is 2.26. The molecule has 0 N–H and O–H groups in total. The quantitative estimate of drug-likeness (QED) is 0.441. The highest BCUT2D eigenvalue weighted by molar-refractivity contribution is 9.10. The van der Waals surface area contributed by atoms with Gasteiger partial charge in [0, 0.05) is 4.47 Å². The average Bonchev–Trinajstić information content (AvgIpc) is 2.98. The topological polar surface area (TPSA) is 38.7 Å². The minimum atomic E-state index is -0.435. The maximum absolute atomic E-state index is 12.3. The molecule has 25 heavy (non-hydrogen) atoms. The van der Waals surface area contributed by atoms with E-state index in [4.69, 9.17) is 4.74 Å². The van der Waals surface area contributed by atoms with Crippen molar-refractivity contribution in [1.82, 2.24) is 0 Å². The van der Waals surface area contributed by atoms with E-state index in [1.165, 1.54) is 10.9 Å². The molecule has 1 aliphatic heterocycles. The first kappa shape index (κ1) is 15.8. The zero-order valence-corrected chi connectivity index (χ0v) is 15.1. The summed E-state index contributed by atoms with van der Waals surface area (Å²) in [7, 11) is 0. The summed E-state index contributed by atoms with van der Waals surface area (Å²) in [6, 6.07) is 19.7. The molecule has 3 nitrogen and oxygen atoms in total. The Balaban J connectivity index is 1.81. The van der Waals surface area contributed by atoms with E-state index < -0.39 is 5.97 Å². The first-order valence-electron chi connectivity index (χ1n) is 7.89. The largest absolute Gasteiger partial charge is 0.402 e. The predicted octanol–water partition coefficient (Wildman–Crippen LogP) is 5.26. The van der Waals surface area contributed by atoms with Gasteiger partial charge in [0.05, 0.1) is 5.56 Å². The maximum Gasteiger partial charge on any atom is 0.363 e. The van der Waals surface area contributed by atoms with Crippen molar-refractivity contribution >= 4 is 44.6 Å². The highest BCUT2D eigenvalue weighted by atomic mass is 79.9. The lowest BCUT2D eigenvalue weighted by Crippen LogP contribution is -2.05. The Bertz CT molecular complexity index is 1070. The van der Waals surface area contributed by atoms with Crippen LogP contribution < -0.4 is 0 Å². The molecule has 0 aromatic heterocycles. The Morgan fingerprint density at radius 3 is 2.48 bits per heavy atom. The van der Waals surface area contributed by atoms with Crippen molar-refractivity contribution < 1.29 is 9.53 Å². The van der Waals surface area contributed by atoms with Crippen LogP contribution in [0.5, 0.6) is 0 Å². The Hall–Kier alpha value is -2.72. The van der Waals surface area contributed by atoms with Gasteiger partial charge in [-0.25, -0.2) is 9.79 Å². The summed E-state index contributed by atoms with van der Waals surface area (Å²) in [6.07, 6.45) is 1.79. The monoisotopic (exact) mass is 391 g/mol. The number of carbonyl (C=O) groups excluding carboxylic acids is 1. The van der Waals surface area contributed by atoms with E-state index in [2.05, 4.69) is 33.9 Å². The van der Waals surface area contributed by atoms with Crippen molar-refractivity contribution in [2.75, 3.05) is 0 Å². The number of carbonyl (C=O) groups is 1. The molecular formula is C21H14BrNO2. The first-order chi connectivity index (χ1) is 12.1. The van der Waals surface area contributed by atoms with Gasteiger partial charge in [0.15, 0.2) is 5.70 Å². The fourth-order valence-corrected chi connectivity index (χ4v) is 3.36. The van der Waals surface area contributed by atoms with Crippen LogP contribution >= 0.6 is 15.9 Å². The molecule has 0 spiro atoms. The summed E-state index contributed by atoms with van der Waals surface area (Å²) in [6.45, 7) is 2.08. The van der Waals surface area contributed by atoms with Gasteiger partial charge in [0.25, 0.3) is 0 Å². The molecule has 0 unspecified atom stereocenters. The minimum Gasteiger partial charge on any atom is -0.402 e. The lowest BCUT2D eigenvalue weighted by Gasteiger charge is -2.05. The molecule has 0 atom stereocenters. The second-order valence-corrected chi connectivity index (χ2v) is 6.69. The van der Waals surface area contributed by atoms with Crippen LogP contribution in [0.15, 0.2) is 75.8 Å². The van der Waals surface area contributed by atoms with Crippen molar-refractivity contribution in [1.29, 1.82) is 0 Å². The van der Waals surface area contributed by atoms with Gasteiger partial charge in [-0.1, -0.05) is 48.5 Å². The van der Waals surface area contributed by atoms with Gasteiger partial charge in [-0.3, -0.25) is 0 Å². The number of hydrogen-bond acceptors (Lipinski definition) is 3. The van der Waals surface area contributed by atoms with Crippen LogP contribution in [0.25, 0.3) is 16.8 Å². The Kier molecular flexibility index (Phi) is 3.98. The van der Waals surface area contributed by atoms with Gasteiger partial charge in [0.1, 0.15) is 0 Å². The van der Waals surface area contributed by atoms with Crippen molar-refractivity contribution in [3.05, 3.63) is 87.5 Å². The number of rotatable bonds is 2. The Morgan fingerprint density at radius 1 is 0.960 bits per heavy atom. The fourth-order valence-electron chi connectivity index (χ4n) is 2.91. The molecule has 0 amide bonds. The number of nitrogens with zero attached hydrogens (tertiary/aromatic N) is 1. The summed E-state index contributed by atoms with van der Waals surface area (Å²) in [5.74, 6) is -0.115. The van der Waals surface area contributed by atoms with Crippen LogP contribution in [0.4, 0.5) is 0 Å². The number of hydrogen-bond donors (Lipinski definition) is 0. The lowest BCUT2D eigenvalue weighted by molar-refractivity contribution is -0.129. The van der Waals surface area contributed by atoms with E-state index in [0.717, 1.165) is 21.0 Å². The van der Waals surface area contributed by atoms with Crippen LogP contribution in [0.3, 0.4) is 0 Å². The van der Waals surface area contributed by atoms with Gasteiger partial charge in [-0.2, -0.15) is 0 Å². The fraction of sp³-hybridized carbons (Fsp3) is 0.0476. The number of halogens is 1. The second kappa shape index (κ2) is 6.30. The van der Waals surface area contributed by atoms with E-state index in [9.17, 15) is 4.79 Å². The van der Waals surface area contributed by atoms with Gasteiger partial charge in [0.2, 0.25) is 5.90 Å². The van der Waals surface area contributed by atoms with E-state index in [-0.39, 0.29) is 0 Å². The summed E-state index contributed by atoms with van der Waals surface area (Å²) >= 11 is 3.46. The molecule has 3 aromatic carbocycles. The zero-order chi connectivity index (χ0) is 17.4. The highest BCUT2D eigenvalue weighted by Gasteiger charge is 2.25. The third kappa shape index (κ3) is 2.89. The van der Waals surface area contributed by atoms with Crippen molar-refractivity contribution in [3.8, 4) is 0 Å². The number of fused-ring (bicyclic) bond motifs is 1. The molecule has 0 bridgehead atoms. The Labute approximate surface area is 153 Å². The van der Waals surface area contributed by atoms with Crippen molar-refractivity contribution in [3.63, 3.8) is 0 Å². The first-order valence-corrected chi connectivity index (χ1v) is 8.68. The third-order valence-electron chi connectivity index (χ3n) is 4.19. The molecular weight excluding hydrogens is 378 g/mol. The van der Waals surface area contributed by atoms with Crippen molar-refractivity contribution in [2.24, 2.45) is 4.99 Å². The minimum absolute atomic E-state index is 0.305. The van der Waals surface area contributed by atoms with Gasteiger partial charge >= 0.3 is 5.97 Å². The van der Waals surface area contributed by atoms with Crippen LogP contribution in [-0.2, 0) is 9.53 Å². The van der Waals surface area contributed by atoms with Crippen LogP contribution in [-0.4, -0.2) is 11.9 Å². The number of ether oxygens (including phenoxy) is 1. The average molecular weight is 392 g/mol. The number of benzene rings is 3. The van der Waals surface area contributed by atoms with E-state index in [1.54, 1.807) is 6.08 Å². The molecule has 3 aromatic rings. The molecule has 1 heterocycles. The van der Waals surface area contributed by atoms with Gasteiger partial charge in [-0.15, -0.1) is 0 Å². The number of cyclic esters (lactones) is 1. The zero-order valence-electron chi connectivity index (χ0n) is 13.5. The normalized spacial score (nSPS) is 15.5. The summed E-state index contributed by atoms with van der Waals surface area (Å²) in [4.78, 5) is 16.7. The highest BCUT2D eigenvalue weighted by Crippen LogP contribution is 2.27. The second-order valence-electron chi connectivity index (χ2n) is 5.83. The van der Waals surface area contributed by atoms with Gasteiger partial charge < -0.3 is 4.74 Å². The molecule has 0 radical (unpaired) electrons. The van der Waals surface area contributed by atoms with E-state index in [0.29, 0.717) is 11.6 Å². The van der Waals surface area contributed by atoms with Gasteiger partial charge in [-0.05, 0) is 63.0 Å². The molecule has 1 aliphatic rings. The number of aliphatic imine (C=N–C) groups is 1. The summed E-state index contributed by atoms with van der Waals surface area (Å²) < 4.78 is 6.20. The molecule has 0 saturated heterocycles. The van der Waals surface area contributed by atoms with Crippen LogP contribution in [0, 0.1) is 6.92 Å². The molecule has 0 aliphatic carbocycles. The SMILES string of the molecule is Cc1ccc(/C=C2/N=C(c3ccccc3Br)OC2=O)c2ccccc12.